The minimum atomic E-state index is -1.57. The summed E-state index contributed by atoms with van der Waals surface area (Å²) in [7, 11) is 0. The van der Waals surface area contributed by atoms with Crippen molar-refractivity contribution >= 4 is 5.97 Å². The molecule has 0 aromatic heterocycles. The number of aliphatic hydroxyl groups excluding tert-OH is 1. The topological polar surface area (TPSA) is 87.0 Å². The summed E-state index contributed by atoms with van der Waals surface area (Å²) in [6.07, 6.45) is 1.87. The van der Waals surface area contributed by atoms with Crippen LogP contribution in [0.3, 0.4) is 0 Å². The van der Waals surface area contributed by atoms with Crippen LogP contribution in [0.15, 0.2) is 47.7 Å². The predicted molar refractivity (Wildman–Crippen MR) is 81.8 cm³/mol. The molecule has 3 N–H and O–H groups in total. The molecule has 1 aliphatic rings. The standard InChI is InChI=1S/C17H20O5/c1-10-6-4-5-7-14(10)22-12(3)17(21)8-11(2)15(16(19)20)13(18)9-17/h4-9,12,15,18,21H,1-3H3,(H,19,20). The lowest BCUT2D eigenvalue weighted by Crippen LogP contribution is -2.44. The fourth-order valence-corrected chi connectivity index (χ4v) is 2.57. The smallest absolute Gasteiger partial charge is 0.318 e. The lowest BCUT2D eigenvalue weighted by atomic mass is 9.82. The van der Waals surface area contributed by atoms with E-state index >= 15 is 0 Å². The van der Waals surface area contributed by atoms with Gasteiger partial charge >= 0.3 is 5.97 Å². The third kappa shape index (κ3) is 2.99. The Morgan fingerprint density at radius 1 is 1.27 bits per heavy atom. The second kappa shape index (κ2) is 5.85. The fourth-order valence-electron chi connectivity index (χ4n) is 2.57. The average molecular weight is 304 g/mol. The quantitative estimate of drug-likeness (QED) is 0.744. The van der Waals surface area contributed by atoms with Gasteiger partial charge in [0.25, 0.3) is 0 Å². The molecular formula is C17H20O5. The van der Waals surface area contributed by atoms with Gasteiger partial charge in [0, 0.05) is 0 Å². The number of aryl methyl sites for hydroxylation is 1. The number of aliphatic carboxylic acids is 1. The van der Waals surface area contributed by atoms with Crippen molar-refractivity contribution in [1.29, 1.82) is 0 Å². The Balaban J connectivity index is 2.28. The van der Waals surface area contributed by atoms with E-state index < -0.39 is 23.6 Å². The highest BCUT2D eigenvalue weighted by Gasteiger charge is 2.40. The maximum Gasteiger partial charge on any atom is 0.318 e. The maximum atomic E-state index is 11.1. The van der Waals surface area contributed by atoms with Crippen LogP contribution < -0.4 is 4.74 Å². The molecule has 0 aliphatic heterocycles. The number of carboxylic acids is 1. The lowest BCUT2D eigenvalue weighted by molar-refractivity contribution is -0.140. The van der Waals surface area contributed by atoms with Crippen LogP contribution in [0.4, 0.5) is 0 Å². The van der Waals surface area contributed by atoms with Gasteiger partial charge in [-0.3, -0.25) is 4.79 Å². The number of carbonyl (C=O) groups is 1. The van der Waals surface area contributed by atoms with Crippen LogP contribution >= 0.6 is 0 Å². The summed E-state index contributed by atoms with van der Waals surface area (Å²) in [5.41, 5.74) is -0.274. The molecular weight excluding hydrogens is 284 g/mol. The van der Waals surface area contributed by atoms with Crippen molar-refractivity contribution in [3.8, 4) is 5.75 Å². The van der Waals surface area contributed by atoms with Crippen LogP contribution in [-0.4, -0.2) is 33.0 Å². The van der Waals surface area contributed by atoms with E-state index in [0.717, 1.165) is 11.6 Å². The van der Waals surface area contributed by atoms with Crippen molar-refractivity contribution in [3.05, 3.63) is 53.3 Å². The van der Waals surface area contributed by atoms with E-state index in [0.29, 0.717) is 11.3 Å². The van der Waals surface area contributed by atoms with Gasteiger partial charge in [-0.05, 0) is 44.6 Å². The van der Waals surface area contributed by atoms with Crippen LogP contribution in [-0.2, 0) is 4.79 Å². The van der Waals surface area contributed by atoms with Gasteiger partial charge in [-0.15, -0.1) is 0 Å². The van der Waals surface area contributed by atoms with E-state index in [2.05, 4.69) is 0 Å². The first kappa shape index (κ1) is 16.1. The highest BCUT2D eigenvalue weighted by molar-refractivity contribution is 5.77. The average Bonchev–Trinajstić information content (AvgIpc) is 2.39. The minimum Gasteiger partial charge on any atom is -0.511 e. The molecule has 0 spiro atoms. The van der Waals surface area contributed by atoms with Crippen LogP contribution in [0.1, 0.15) is 19.4 Å². The Kier molecular flexibility index (Phi) is 4.28. The second-order valence-corrected chi connectivity index (χ2v) is 5.64. The minimum absolute atomic E-state index is 0.371. The maximum absolute atomic E-state index is 11.1. The van der Waals surface area contributed by atoms with Gasteiger partial charge in [-0.1, -0.05) is 23.8 Å². The van der Waals surface area contributed by atoms with Crippen molar-refractivity contribution in [2.24, 2.45) is 5.92 Å². The SMILES string of the molecule is CC1=CC(O)(C(C)Oc2ccccc2C)C=C(O)C1C(=O)O. The molecule has 1 aromatic carbocycles. The predicted octanol–water partition coefficient (Wildman–Crippen LogP) is 2.60. The summed E-state index contributed by atoms with van der Waals surface area (Å²) in [6, 6.07) is 7.39. The second-order valence-electron chi connectivity index (χ2n) is 5.64. The van der Waals surface area contributed by atoms with E-state index in [1.807, 2.05) is 25.1 Å². The highest BCUT2D eigenvalue weighted by Crippen LogP contribution is 2.33. The molecule has 0 amide bonds. The highest BCUT2D eigenvalue weighted by atomic mass is 16.5. The molecule has 0 fully saturated rings. The van der Waals surface area contributed by atoms with Gasteiger partial charge in [0.05, 0.1) is 0 Å². The van der Waals surface area contributed by atoms with Crippen molar-refractivity contribution < 1.29 is 24.9 Å². The van der Waals surface area contributed by atoms with Crippen molar-refractivity contribution in [2.75, 3.05) is 0 Å². The number of aliphatic hydroxyl groups is 2. The zero-order chi connectivity index (χ0) is 16.5. The van der Waals surface area contributed by atoms with E-state index in [-0.39, 0.29) is 5.76 Å². The first-order chi connectivity index (χ1) is 10.2. The van der Waals surface area contributed by atoms with Gasteiger partial charge in [0.15, 0.2) is 0 Å². The summed E-state index contributed by atoms with van der Waals surface area (Å²) >= 11 is 0. The summed E-state index contributed by atoms with van der Waals surface area (Å²) in [5, 5.41) is 29.7. The van der Waals surface area contributed by atoms with Crippen molar-refractivity contribution in [2.45, 2.75) is 32.5 Å². The molecule has 3 unspecified atom stereocenters. The monoisotopic (exact) mass is 304 g/mol. The van der Waals surface area contributed by atoms with Crippen LogP contribution in [0.25, 0.3) is 0 Å². The zero-order valence-corrected chi connectivity index (χ0v) is 12.8. The van der Waals surface area contributed by atoms with Gasteiger partial charge in [-0.2, -0.15) is 0 Å². The Labute approximate surface area is 129 Å². The number of benzene rings is 1. The normalized spacial score (nSPS) is 25.9. The van der Waals surface area contributed by atoms with Crippen LogP contribution in [0.5, 0.6) is 5.75 Å². The molecule has 1 aliphatic carbocycles. The van der Waals surface area contributed by atoms with E-state index in [1.54, 1.807) is 19.9 Å². The molecule has 1 aromatic rings. The third-order valence-corrected chi connectivity index (χ3v) is 3.88. The molecule has 118 valence electrons. The Bertz CT molecular complexity index is 624. The number of hydrogen-bond donors (Lipinski definition) is 3. The Hall–Kier alpha value is -2.27. The Morgan fingerprint density at radius 2 is 1.91 bits per heavy atom. The molecule has 0 heterocycles. The van der Waals surface area contributed by atoms with E-state index in [9.17, 15) is 15.0 Å². The largest absolute Gasteiger partial charge is 0.511 e. The van der Waals surface area contributed by atoms with Crippen molar-refractivity contribution in [3.63, 3.8) is 0 Å². The van der Waals surface area contributed by atoms with E-state index in [1.165, 1.54) is 6.08 Å². The molecule has 0 saturated heterocycles. The van der Waals surface area contributed by atoms with Crippen LogP contribution in [0, 0.1) is 12.8 Å². The number of ether oxygens (including phenoxy) is 1. The molecule has 5 heteroatoms. The first-order valence-corrected chi connectivity index (χ1v) is 7.03. The van der Waals surface area contributed by atoms with Gasteiger partial charge in [0.1, 0.15) is 29.1 Å². The summed E-state index contributed by atoms with van der Waals surface area (Å²) < 4.78 is 5.78. The molecule has 5 nitrogen and oxygen atoms in total. The third-order valence-electron chi connectivity index (χ3n) is 3.88. The van der Waals surface area contributed by atoms with Crippen molar-refractivity contribution in [1.82, 2.24) is 0 Å². The number of hydrogen-bond acceptors (Lipinski definition) is 4. The molecule has 3 atom stereocenters. The zero-order valence-electron chi connectivity index (χ0n) is 12.8. The molecule has 0 radical (unpaired) electrons. The van der Waals surface area contributed by atoms with E-state index in [4.69, 9.17) is 9.84 Å². The fraction of sp³-hybridized carbons (Fsp3) is 0.353. The lowest BCUT2D eigenvalue weighted by Gasteiger charge is -2.34. The summed E-state index contributed by atoms with van der Waals surface area (Å²) in [4.78, 5) is 11.1. The van der Waals surface area contributed by atoms with Gasteiger partial charge < -0.3 is 20.1 Å². The molecule has 2 rings (SSSR count). The summed E-state index contributed by atoms with van der Waals surface area (Å²) in [5.74, 6) is -2.03. The number of carboxylic acid groups (broad SMARTS) is 1. The van der Waals surface area contributed by atoms with Crippen LogP contribution in [0.2, 0.25) is 0 Å². The molecule has 22 heavy (non-hydrogen) atoms. The Morgan fingerprint density at radius 3 is 2.45 bits per heavy atom. The summed E-state index contributed by atoms with van der Waals surface area (Å²) in [6.45, 7) is 5.12. The molecule has 0 bridgehead atoms. The first-order valence-electron chi connectivity index (χ1n) is 7.03. The molecule has 0 saturated carbocycles. The number of para-hydroxylation sites is 1. The van der Waals surface area contributed by atoms with Gasteiger partial charge in [-0.25, -0.2) is 0 Å². The van der Waals surface area contributed by atoms with Gasteiger partial charge in [0.2, 0.25) is 0 Å². The number of rotatable bonds is 4.